The summed E-state index contributed by atoms with van der Waals surface area (Å²) >= 11 is 0. The minimum absolute atomic E-state index is 0.166. The van der Waals surface area contributed by atoms with Gasteiger partial charge in [0.2, 0.25) is 0 Å². The highest BCUT2D eigenvalue weighted by molar-refractivity contribution is 5.85. The van der Waals surface area contributed by atoms with Crippen LogP contribution in [0.4, 0.5) is 0 Å². The van der Waals surface area contributed by atoms with E-state index >= 15 is 0 Å². The van der Waals surface area contributed by atoms with Crippen molar-refractivity contribution in [3.05, 3.63) is 18.0 Å². The summed E-state index contributed by atoms with van der Waals surface area (Å²) in [6.07, 6.45) is 3.68. The van der Waals surface area contributed by atoms with Gasteiger partial charge in [0.1, 0.15) is 5.69 Å². The second-order valence-corrected chi connectivity index (χ2v) is 4.44. The first-order chi connectivity index (χ1) is 10.3. The van der Waals surface area contributed by atoms with Crippen molar-refractivity contribution in [1.82, 2.24) is 9.78 Å². The van der Waals surface area contributed by atoms with Crippen molar-refractivity contribution in [3.63, 3.8) is 0 Å². The zero-order chi connectivity index (χ0) is 15.3. The Kier molecular flexibility index (Phi) is 9.43. The molecule has 0 amide bonds. The van der Waals surface area contributed by atoms with Crippen molar-refractivity contribution in [1.29, 1.82) is 0 Å². The maximum Gasteiger partial charge on any atom is 0.354 e. The van der Waals surface area contributed by atoms with Crippen molar-refractivity contribution >= 4 is 5.97 Å². The van der Waals surface area contributed by atoms with E-state index in [1.165, 1.54) is 16.9 Å². The monoisotopic (exact) mass is 300 g/mol. The van der Waals surface area contributed by atoms with Crippen LogP contribution in [0, 0.1) is 0 Å². The van der Waals surface area contributed by atoms with Crippen LogP contribution in [0.15, 0.2) is 12.3 Å². The summed E-state index contributed by atoms with van der Waals surface area (Å²) < 4.78 is 17.5. The van der Waals surface area contributed by atoms with Gasteiger partial charge >= 0.3 is 5.97 Å². The molecule has 21 heavy (non-hydrogen) atoms. The SMILES string of the molecule is CCCCOCCOCCOCCn1nccc1C(=O)O. The molecule has 1 heterocycles. The molecule has 0 radical (unpaired) electrons. The molecule has 7 nitrogen and oxygen atoms in total. The van der Waals surface area contributed by atoms with Gasteiger partial charge < -0.3 is 19.3 Å². The van der Waals surface area contributed by atoms with E-state index in [1.807, 2.05) is 0 Å². The number of carbonyl (C=O) groups is 1. The highest BCUT2D eigenvalue weighted by Crippen LogP contribution is 1.98. The van der Waals surface area contributed by atoms with E-state index < -0.39 is 5.97 Å². The van der Waals surface area contributed by atoms with Crippen molar-refractivity contribution in [2.45, 2.75) is 26.3 Å². The third kappa shape index (κ3) is 7.79. The lowest BCUT2D eigenvalue weighted by molar-refractivity contribution is 0.0122. The van der Waals surface area contributed by atoms with Crippen molar-refractivity contribution < 1.29 is 24.1 Å². The van der Waals surface area contributed by atoms with Crippen LogP contribution in [0.25, 0.3) is 0 Å². The summed E-state index contributed by atoms with van der Waals surface area (Å²) in [5.41, 5.74) is 0.166. The van der Waals surface area contributed by atoms with Crippen molar-refractivity contribution in [2.24, 2.45) is 0 Å². The molecular weight excluding hydrogens is 276 g/mol. The van der Waals surface area contributed by atoms with Gasteiger partial charge in [0.15, 0.2) is 0 Å². The fraction of sp³-hybridized carbons (Fsp3) is 0.714. The van der Waals surface area contributed by atoms with Crippen molar-refractivity contribution in [2.75, 3.05) is 39.6 Å². The number of ether oxygens (including phenoxy) is 3. The number of rotatable bonds is 13. The molecule has 1 aromatic rings. The van der Waals surface area contributed by atoms with E-state index in [1.54, 1.807) is 0 Å². The molecular formula is C14H24N2O5. The molecule has 0 saturated carbocycles. The number of unbranched alkanes of at least 4 members (excludes halogenated alkanes) is 1. The summed E-state index contributed by atoms with van der Waals surface area (Å²) in [6.45, 7) is 5.87. The lowest BCUT2D eigenvalue weighted by Crippen LogP contribution is -2.15. The Morgan fingerprint density at radius 2 is 1.76 bits per heavy atom. The van der Waals surface area contributed by atoms with E-state index in [-0.39, 0.29) is 5.69 Å². The molecule has 1 aromatic heterocycles. The number of hydrogen-bond acceptors (Lipinski definition) is 5. The van der Waals surface area contributed by atoms with Crippen LogP contribution < -0.4 is 0 Å². The summed E-state index contributed by atoms with van der Waals surface area (Å²) in [4.78, 5) is 10.9. The van der Waals surface area contributed by atoms with E-state index in [4.69, 9.17) is 19.3 Å². The van der Waals surface area contributed by atoms with Gasteiger partial charge in [-0.25, -0.2) is 4.79 Å². The largest absolute Gasteiger partial charge is 0.477 e. The molecule has 1 rings (SSSR count). The predicted octanol–water partition coefficient (Wildman–Crippen LogP) is 1.43. The molecule has 0 aromatic carbocycles. The fourth-order valence-electron chi connectivity index (χ4n) is 1.63. The van der Waals surface area contributed by atoms with Crippen LogP contribution in [-0.2, 0) is 20.8 Å². The molecule has 1 N–H and O–H groups in total. The Balaban J connectivity index is 1.93. The Morgan fingerprint density at radius 3 is 2.38 bits per heavy atom. The number of carboxylic acids is 1. The minimum Gasteiger partial charge on any atom is -0.477 e. The van der Waals surface area contributed by atoms with Gasteiger partial charge in [-0.3, -0.25) is 4.68 Å². The zero-order valence-corrected chi connectivity index (χ0v) is 12.5. The lowest BCUT2D eigenvalue weighted by atomic mass is 10.4. The number of nitrogens with zero attached hydrogens (tertiary/aromatic N) is 2. The Bertz CT molecular complexity index is 394. The Morgan fingerprint density at radius 1 is 1.14 bits per heavy atom. The van der Waals surface area contributed by atoms with Crippen LogP contribution in [0.2, 0.25) is 0 Å². The third-order valence-electron chi connectivity index (χ3n) is 2.77. The summed E-state index contributed by atoms with van der Waals surface area (Å²) in [7, 11) is 0. The van der Waals surface area contributed by atoms with Gasteiger partial charge in [-0.2, -0.15) is 5.10 Å². The standard InChI is InChI=1S/C14H24N2O5/c1-2-3-7-19-9-11-21-12-10-20-8-6-16-13(14(17)18)4-5-15-16/h4-5H,2-3,6-12H2,1H3,(H,17,18). The molecule has 7 heteroatoms. The molecule has 0 aliphatic rings. The smallest absolute Gasteiger partial charge is 0.354 e. The number of aromatic carboxylic acids is 1. The van der Waals surface area contributed by atoms with Gasteiger partial charge in [0, 0.05) is 12.8 Å². The minimum atomic E-state index is -0.987. The van der Waals surface area contributed by atoms with Crippen LogP contribution in [0.3, 0.4) is 0 Å². The maximum absolute atomic E-state index is 10.9. The van der Waals surface area contributed by atoms with Crippen LogP contribution >= 0.6 is 0 Å². The first kappa shape index (κ1) is 17.6. The van der Waals surface area contributed by atoms with Crippen LogP contribution in [0.5, 0.6) is 0 Å². The summed E-state index contributed by atoms with van der Waals surface area (Å²) in [6, 6.07) is 1.46. The van der Waals surface area contributed by atoms with Gasteiger partial charge in [0.05, 0.1) is 39.6 Å². The zero-order valence-electron chi connectivity index (χ0n) is 12.5. The highest BCUT2D eigenvalue weighted by Gasteiger charge is 2.09. The summed E-state index contributed by atoms with van der Waals surface area (Å²) in [5, 5.41) is 12.8. The van der Waals surface area contributed by atoms with E-state index in [2.05, 4.69) is 12.0 Å². The highest BCUT2D eigenvalue weighted by atomic mass is 16.5. The average Bonchev–Trinajstić information content (AvgIpc) is 2.93. The van der Waals surface area contributed by atoms with E-state index in [0.29, 0.717) is 39.6 Å². The number of carboxylic acid groups (broad SMARTS) is 1. The second-order valence-electron chi connectivity index (χ2n) is 4.44. The molecule has 0 aliphatic heterocycles. The van der Waals surface area contributed by atoms with Crippen molar-refractivity contribution in [3.8, 4) is 0 Å². The molecule has 0 spiro atoms. The maximum atomic E-state index is 10.9. The fourth-order valence-corrected chi connectivity index (χ4v) is 1.63. The lowest BCUT2D eigenvalue weighted by Gasteiger charge is -2.07. The van der Waals surface area contributed by atoms with E-state index in [9.17, 15) is 4.79 Å². The topological polar surface area (TPSA) is 82.8 Å². The molecule has 0 fully saturated rings. The number of aromatic nitrogens is 2. The molecule has 120 valence electrons. The molecule has 0 saturated heterocycles. The Labute approximate surface area is 124 Å². The van der Waals surface area contributed by atoms with E-state index in [0.717, 1.165) is 19.4 Å². The van der Waals surface area contributed by atoms with Gasteiger partial charge in [-0.05, 0) is 12.5 Å². The van der Waals surface area contributed by atoms with Crippen LogP contribution in [0.1, 0.15) is 30.3 Å². The normalized spacial score (nSPS) is 10.9. The second kappa shape index (κ2) is 11.2. The Hall–Kier alpha value is -1.44. The molecule has 0 unspecified atom stereocenters. The quantitative estimate of drug-likeness (QED) is 0.555. The third-order valence-corrected chi connectivity index (χ3v) is 2.77. The van der Waals surface area contributed by atoms with Gasteiger partial charge in [-0.1, -0.05) is 13.3 Å². The predicted molar refractivity (Wildman–Crippen MR) is 76.6 cm³/mol. The van der Waals surface area contributed by atoms with Crippen LogP contribution in [-0.4, -0.2) is 60.5 Å². The summed E-state index contributed by atoms with van der Waals surface area (Å²) in [5.74, 6) is -0.987. The molecule has 0 aliphatic carbocycles. The average molecular weight is 300 g/mol. The van der Waals surface area contributed by atoms with Gasteiger partial charge in [-0.15, -0.1) is 0 Å². The number of hydrogen-bond donors (Lipinski definition) is 1. The molecule has 0 atom stereocenters. The first-order valence-electron chi connectivity index (χ1n) is 7.24. The molecule has 0 bridgehead atoms. The van der Waals surface area contributed by atoms with Gasteiger partial charge in [0.25, 0.3) is 0 Å². The first-order valence-corrected chi connectivity index (χ1v) is 7.24.